The summed E-state index contributed by atoms with van der Waals surface area (Å²) < 4.78 is 36.2. The number of hydrogen-bond acceptors (Lipinski definition) is 2. The molecule has 1 unspecified atom stereocenters. The van der Waals surface area contributed by atoms with E-state index in [2.05, 4.69) is 5.32 Å². The molecule has 0 rings (SSSR count). The topological polar surface area (TPSA) is 69.6 Å². The molecule has 1 atom stereocenters. The number of rotatable bonds is 5. The number of carboxylic acid groups (broad SMARTS) is 1. The molecule has 0 heterocycles. The number of hydrogen-bond donors (Lipinski definition) is 2. The van der Waals surface area contributed by atoms with Crippen LogP contribution in [-0.4, -0.2) is 47.3 Å². The zero-order valence-electron chi connectivity index (χ0n) is 10.5. The number of halogens is 3. The Labute approximate surface area is 103 Å². The molecule has 2 amide bonds. The van der Waals surface area contributed by atoms with E-state index < -0.39 is 30.3 Å². The number of carbonyl (C=O) groups is 2. The van der Waals surface area contributed by atoms with E-state index >= 15 is 0 Å². The van der Waals surface area contributed by atoms with Gasteiger partial charge >= 0.3 is 18.2 Å². The molecule has 18 heavy (non-hydrogen) atoms. The second-order valence-electron chi connectivity index (χ2n) is 4.29. The molecule has 106 valence electrons. The Bertz CT molecular complexity index is 320. The molecule has 0 aromatic carbocycles. The van der Waals surface area contributed by atoms with Crippen molar-refractivity contribution in [2.75, 3.05) is 13.6 Å². The van der Waals surface area contributed by atoms with Gasteiger partial charge < -0.3 is 15.3 Å². The van der Waals surface area contributed by atoms with Gasteiger partial charge in [0.1, 0.15) is 12.1 Å². The van der Waals surface area contributed by atoms with Gasteiger partial charge in [-0.15, -0.1) is 0 Å². The Balaban J connectivity index is 4.66. The van der Waals surface area contributed by atoms with Crippen LogP contribution in [0.2, 0.25) is 0 Å². The summed E-state index contributed by atoms with van der Waals surface area (Å²) in [5.41, 5.74) is -1.56. The average molecular weight is 270 g/mol. The van der Waals surface area contributed by atoms with Crippen molar-refractivity contribution in [3.05, 3.63) is 0 Å². The molecule has 0 radical (unpaired) electrons. The van der Waals surface area contributed by atoms with Crippen molar-refractivity contribution < 1.29 is 27.9 Å². The van der Waals surface area contributed by atoms with E-state index in [1.54, 1.807) is 6.92 Å². The zero-order valence-corrected chi connectivity index (χ0v) is 10.5. The molecule has 0 aliphatic carbocycles. The summed E-state index contributed by atoms with van der Waals surface area (Å²) in [6, 6.07) is -1.06. The van der Waals surface area contributed by atoms with E-state index in [0.717, 1.165) is 7.05 Å². The first kappa shape index (κ1) is 16.5. The van der Waals surface area contributed by atoms with E-state index in [4.69, 9.17) is 5.11 Å². The van der Waals surface area contributed by atoms with E-state index in [-0.39, 0.29) is 6.42 Å². The lowest BCUT2D eigenvalue weighted by Crippen LogP contribution is -2.56. The van der Waals surface area contributed by atoms with E-state index in [0.29, 0.717) is 11.3 Å². The first-order valence-electron chi connectivity index (χ1n) is 5.35. The van der Waals surface area contributed by atoms with Gasteiger partial charge in [-0.1, -0.05) is 13.3 Å². The van der Waals surface area contributed by atoms with E-state index in [1.807, 2.05) is 0 Å². The summed E-state index contributed by atoms with van der Waals surface area (Å²) in [4.78, 5) is 22.9. The third-order valence-electron chi connectivity index (χ3n) is 2.37. The minimum absolute atomic E-state index is 0.133. The fraction of sp³-hybridized carbons (Fsp3) is 0.800. The van der Waals surface area contributed by atoms with Crippen molar-refractivity contribution in [2.24, 2.45) is 0 Å². The van der Waals surface area contributed by atoms with Gasteiger partial charge in [0.15, 0.2) is 0 Å². The normalized spacial score (nSPS) is 14.8. The number of nitrogens with zero attached hydrogens (tertiary/aromatic N) is 1. The Morgan fingerprint density at radius 3 is 2.17 bits per heavy atom. The molecule has 8 heteroatoms. The highest BCUT2D eigenvalue weighted by molar-refractivity contribution is 5.85. The number of carbonyl (C=O) groups excluding carboxylic acids is 1. The largest absolute Gasteiger partial charge is 0.480 e. The van der Waals surface area contributed by atoms with Gasteiger partial charge in [-0.2, -0.15) is 13.2 Å². The summed E-state index contributed by atoms with van der Waals surface area (Å²) in [6.45, 7) is 1.55. The number of aliphatic carboxylic acids is 1. The Morgan fingerprint density at radius 1 is 1.33 bits per heavy atom. The maximum atomic E-state index is 12.1. The molecule has 0 saturated heterocycles. The van der Waals surface area contributed by atoms with Crippen LogP contribution in [0.5, 0.6) is 0 Å². The molecular weight excluding hydrogens is 253 g/mol. The molecule has 0 aliphatic rings. The zero-order chi connectivity index (χ0) is 14.6. The SMILES string of the molecule is CCCC(C)(NC(=O)N(C)CC(F)(F)F)C(=O)O. The molecule has 0 aromatic heterocycles. The fourth-order valence-corrected chi connectivity index (χ4v) is 1.40. The van der Waals surface area contributed by atoms with Crippen molar-refractivity contribution in [3.8, 4) is 0 Å². The molecule has 2 N–H and O–H groups in total. The summed E-state index contributed by atoms with van der Waals surface area (Å²) in [7, 11) is 0.955. The summed E-state index contributed by atoms with van der Waals surface area (Å²) in [5.74, 6) is -1.28. The van der Waals surface area contributed by atoms with Crippen molar-refractivity contribution in [2.45, 2.75) is 38.4 Å². The average Bonchev–Trinajstić information content (AvgIpc) is 2.14. The minimum atomic E-state index is -4.52. The van der Waals surface area contributed by atoms with Crippen LogP contribution in [0.25, 0.3) is 0 Å². The highest BCUT2D eigenvalue weighted by Crippen LogP contribution is 2.17. The third kappa shape index (κ3) is 5.24. The predicted octanol–water partition coefficient (Wildman–Crippen LogP) is 1.83. The number of amides is 2. The Kier molecular flexibility index (Phi) is 5.44. The van der Waals surface area contributed by atoms with Crippen LogP contribution in [0.4, 0.5) is 18.0 Å². The van der Waals surface area contributed by atoms with Gasteiger partial charge in [0.25, 0.3) is 0 Å². The lowest BCUT2D eigenvalue weighted by Gasteiger charge is -2.29. The first-order valence-corrected chi connectivity index (χ1v) is 5.35. The van der Waals surface area contributed by atoms with Crippen LogP contribution in [0.3, 0.4) is 0 Å². The molecule has 0 bridgehead atoms. The smallest absolute Gasteiger partial charge is 0.406 e. The van der Waals surface area contributed by atoms with Crippen LogP contribution in [-0.2, 0) is 4.79 Å². The second-order valence-corrected chi connectivity index (χ2v) is 4.29. The molecule has 0 aliphatic heterocycles. The highest BCUT2D eigenvalue weighted by Gasteiger charge is 2.37. The minimum Gasteiger partial charge on any atom is -0.480 e. The maximum absolute atomic E-state index is 12.1. The molecule has 0 aromatic rings. The van der Waals surface area contributed by atoms with E-state index in [9.17, 15) is 22.8 Å². The lowest BCUT2D eigenvalue weighted by molar-refractivity contribution is -0.144. The van der Waals surface area contributed by atoms with Crippen LogP contribution >= 0.6 is 0 Å². The lowest BCUT2D eigenvalue weighted by atomic mass is 9.96. The number of carboxylic acids is 1. The monoisotopic (exact) mass is 270 g/mol. The fourth-order valence-electron chi connectivity index (χ4n) is 1.40. The second kappa shape index (κ2) is 5.92. The molecule has 0 spiro atoms. The van der Waals surface area contributed by atoms with E-state index in [1.165, 1.54) is 6.92 Å². The van der Waals surface area contributed by atoms with Crippen LogP contribution in [0.1, 0.15) is 26.7 Å². The van der Waals surface area contributed by atoms with Crippen LogP contribution in [0.15, 0.2) is 0 Å². The van der Waals surface area contributed by atoms with Crippen LogP contribution in [0, 0.1) is 0 Å². The van der Waals surface area contributed by atoms with Crippen molar-refractivity contribution in [3.63, 3.8) is 0 Å². The first-order chi connectivity index (χ1) is 8.02. The highest BCUT2D eigenvalue weighted by atomic mass is 19.4. The molecular formula is C10H17F3N2O3. The Hall–Kier alpha value is -1.47. The number of urea groups is 1. The summed E-state index contributed by atoms with van der Waals surface area (Å²) in [5, 5.41) is 11.1. The van der Waals surface area contributed by atoms with Crippen LogP contribution < -0.4 is 5.32 Å². The third-order valence-corrected chi connectivity index (χ3v) is 2.37. The van der Waals surface area contributed by atoms with Gasteiger partial charge in [0, 0.05) is 7.05 Å². The van der Waals surface area contributed by atoms with Crippen molar-refractivity contribution in [1.82, 2.24) is 10.2 Å². The molecule has 5 nitrogen and oxygen atoms in total. The van der Waals surface area contributed by atoms with Gasteiger partial charge in [0.05, 0.1) is 0 Å². The Morgan fingerprint density at radius 2 is 1.83 bits per heavy atom. The standard InChI is InChI=1S/C10H17F3N2O3/c1-4-5-9(2,7(16)17)14-8(18)15(3)6-10(11,12)13/h4-6H2,1-3H3,(H,14,18)(H,16,17). The van der Waals surface area contributed by atoms with Gasteiger partial charge in [-0.3, -0.25) is 0 Å². The van der Waals surface area contributed by atoms with Gasteiger partial charge in [0.2, 0.25) is 0 Å². The molecule has 0 fully saturated rings. The summed E-state index contributed by atoms with van der Waals surface area (Å²) >= 11 is 0. The maximum Gasteiger partial charge on any atom is 0.406 e. The predicted molar refractivity (Wildman–Crippen MR) is 58.2 cm³/mol. The van der Waals surface area contributed by atoms with Crippen molar-refractivity contribution >= 4 is 12.0 Å². The number of alkyl halides is 3. The molecule has 0 saturated carbocycles. The summed E-state index contributed by atoms with van der Waals surface area (Å²) in [6.07, 6.45) is -3.91. The number of nitrogens with one attached hydrogen (secondary N) is 1. The van der Waals surface area contributed by atoms with Gasteiger partial charge in [-0.05, 0) is 13.3 Å². The van der Waals surface area contributed by atoms with Gasteiger partial charge in [-0.25, -0.2) is 9.59 Å². The van der Waals surface area contributed by atoms with Crippen molar-refractivity contribution in [1.29, 1.82) is 0 Å². The quantitative estimate of drug-likeness (QED) is 0.800.